The Morgan fingerprint density at radius 2 is 2.05 bits per heavy atom. The molecule has 116 valence electrons. The molecule has 1 heterocycles. The van der Waals surface area contributed by atoms with E-state index in [1.54, 1.807) is 18.2 Å². The summed E-state index contributed by atoms with van der Waals surface area (Å²) in [6, 6.07) is 8.86. The predicted octanol–water partition coefficient (Wildman–Crippen LogP) is 1.81. The summed E-state index contributed by atoms with van der Waals surface area (Å²) in [5, 5.41) is 13.7. The molecule has 0 spiro atoms. The van der Waals surface area contributed by atoms with E-state index in [1.807, 2.05) is 12.1 Å². The van der Waals surface area contributed by atoms with Gasteiger partial charge in [0.15, 0.2) is 0 Å². The molecule has 1 fully saturated rings. The number of aliphatic hydroxyl groups excluding tert-OH is 1. The van der Waals surface area contributed by atoms with Gasteiger partial charge in [-0.3, -0.25) is 9.59 Å². The van der Waals surface area contributed by atoms with Crippen LogP contribution in [0.5, 0.6) is 0 Å². The van der Waals surface area contributed by atoms with E-state index < -0.39 is 0 Å². The normalized spacial score (nSPS) is 21.7. The van der Waals surface area contributed by atoms with E-state index in [0.29, 0.717) is 5.39 Å². The highest BCUT2D eigenvalue weighted by molar-refractivity contribution is 5.96. The number of amides is 1. The summed E-state index contributed by atoms with van der Waals surface area (Å²) in [5.74, 6) is -0.182. The molecule has 0 saturated heterocycles. The van der Waals surface area contributed by atoms with E-state index in [2.05, 4.69) is 10.3 Å². The number of benzene rings is 1. The predicted molar refractivity (Wildman–Crippen MR) is 84.9 cm³/mol. The number of fused-ring (bicyclic) bond motifs is 1. The topological polar surface area (TPSA) is 82.2 Å². The monoisotopic (exact) mass is 300 g/mol. The fourth-order valence-corrected chi connectivity index (χ4v) is 3.20. The van der Waals surface area contributed by atoms with Crippen molar-refractivity contribution in [1.29, 1.82) is 0 Å². The van der Waals surface area contributed by atoms with Crippen LogP contribution in [-0.2, 0) is 0 Å². The molecule has 1 aromatic carbocycles. The van der Waals surface area contributed by atoms with E-state index in [-0.39, 0.29) is 35.7 Å². The third-order valence-electron chi connectivity index (χ3n) is 4.46. The third-order valence-corrected chi connectivity index (χ3v) is 4.46. The molecule has 0 bridgehead atoms. The first kappa shape index (κ1) is 14.8. The summed E-state index contributed by atoms with van der Waals surface area (Å²) in [6.07, 6.45) is 3.94. The van der Waals surface area contributed by atoms with Gasteiger partial charge in [0.1, 0.15) is 5.69 Å². The van der Waals surface area contributed by atoms with Crippen molar-refractivity contribution in [3.63, 3.8) is 0 Å². The van der Waals surface area contributed by atoms with Crippen molar-refractivity contribution >= 4 is 16.7 Å². The van der Waals surface area contributed by atoms with Gasteiger partial charge in [-0.05, 0) is 30.4 Å². The van der Waals surface area contributed by atoms with Crippen molar-refractivity contribution < 1.29 is 9.90 Å². The molecule has 3 N–H and O–H groups in total. The summed E-state index contributed by atoms with van der Waals surface area (Å²) in [5.41, 5.74) is 0.0107. The highest BCUT2D eigenvalue weighted by atomic mass is 16.3. The van der Waals surface area contributed by atoms with Gasteiger partial charge in [0.2, 0.25) is 0 Å². The van der Waals surface area contributed by atoms with Crippen LogP contribution in [0.3, 0.4) is 0 Å². The minimum atomic E-state index is -0.284. The maximum Gasteiger partial charge on any atom is 0.268 e. The Balaban J connectivity index is 1.84. The van der Waals surface area contributed by atoms with Crippen LogP contribution in [0.25, 0.3) is 10.8 Å². The molecule has 1 saturated carbocycles. The minimum absolute atomic E-state index is 0.0266. The molecule has 3 rings (SSSR count). The molecular formula is C17H20N2O3. The number of hydrogen-bond acceptors (Lipinski definition) is 3. The largest absolute Gasteiger partial charge is 0.396 e. The highest BCUT2D eigenvalue weighted by Gasteiger charge is 2.26. The van der Waals surface area contributed by atoms with Gasteiger partial charge < -0.3 is 15.4 Å². The summed E-state index contributed by atoms with van der Waals surface area (Å²) in [6.45, 7) is 0.0825. The zero-order valence-corrected chi connectivity index (χ0v) is 12.3. The van der Waals surface area contributed by atoms with Crippen molar-refractivity contribution in [2.45, 2.75) is 31.7 Å². The number of pyridine rings is 1. The Hall–Kier alpha value is -2.14. The van der Waals surface area contributed by atoms with Crippen molar-refractivity contribution in [2.24, 2.45) is 5.92 Å². The summed E-state index contributed by atoms with van der Waals surface area (Å²) in [7, 11) is 0. The molecule has 1 aliphatic rings. The second kappa shape index (κ2) is 6.32. The first-order valence-corrected chi connectivity index (χ1v) is 7.73. The highest BCUT2D eigenvalue weighted by Crippen LogP contribution is 2.24. The molecule has 22 heavy (non-hydrogen) atoms. The molecule has 2 atom stereocenters. The number of aliphatic hydroxyl groups is 1. The van der Waals surface area contributed by atoms with Crippen LogP contribution in [0.1, 0.15) is 36.2 Å². The molecule has 0 aliphatic heterocycles. The first-order valence-electron chi connectivity index (χ1n) is 7.73. The second-order valence-corrected chi connectivity index (χ2v) is 5.91. The van der Waals surface area contributed by atoms with Crippen molar-refractivity contribution in [2.75, 3.05) is 6.61 Å². The molecule has 5 heteroatoms. The zero-order chi connectivity index (χ0) is 15.5. The first-order chi connectivity index (χ1) is 10.7. The molecule has 1 amide bonds. The lowest BCUT2D eigenvalue weighted by molar-refractivity contribution is 0.0867. The maximum atomic E-state index is 12.4. The van der Waals surface area contributed by atoms with Gasteiger partial charge in [0.05, 0.1) is 0 Å². The lowest BCUT2D eigenvalue weighted by Gasteiger charge is -2.30. The Kier molecular flexibility index (Phi) is 4.24. The van der Waals surface area contributed by atoms with Gasteiger partial charge in [-0.2, -0.15) is 0 Å². The lowest BCUT2D eigenvalue weighted by atomic mass is 9.85. The van der Waals surface area contributed by atoms with E-state index in [0.717, 1.165) is 31.1 Å². The van der Waals surface area contributed by atoms with Crippen LogP contribution in [-0.4, -0.2) is 28.6 Å². The average Bonchev–Trinajstić information content (AvgIpc) is 2.55. The number of hydrogen-bond donors (Lipinski definition) is 3. The van der Waals surface area contributed by atoms with Crippen molar-refractivity contribution in [3.05, 3.63) is 46.4 Å². The van der Waals surface area contributed by atoms with Crippen LogP contribution in [0.2, 0.25) is 0 Å². The number of carbonyl (C=O) groups excluding carboxylic acids is 1. The third kappa shape index (κ3) is 2.90. The van der Waals surface area contributed by atoms with Crippen LogP contribution in [0, 0.1) is 5.92 Å². The Morgan fingerprint density at radius 1 is 1.27 bits per heavy atom. The fraction of sp³-hybridized carbons (Fsp3) is 0.412. The lowest BCUT2D eigenvalue weighted by Crippen LogP contribution is -2.44. The van der Waals surface area contributed by atoms with Gasteiger partial charge in [0.25, 0.3) is 11.5 Å². The standard InChI is InChI=1S/C17H20N2O3/c20-10-12-6-2-4-8-14(12)18-17(22)15-9-11-5-1-3-7-13(11)16(21)19-15/h1,3,5,7,9,12,14,20H,2,4,6,8,10H2,(H,18,22)(H,19,21). The van der Waals surface area contributed by atoms with Crippen molar-refractivity contribution in [3.8, 4) is 0 Å². The molecule has 2 aromatic rings. The zero-order valence-electron chi connectivity index (χ0n) is 12.3. The maximum absolute atomic E-state index is 12.4. The van der Waals surface area contributed by atoms with Crippen LogP contribution in [0.4, 0.5) is 0 Å². The number of aromatic amines is 1. The quantitative estimate of drug-likeness (QED) is 0.808. The SMILES string of the molecule is O=C(NC1CCCCC1CO)c1cc2ccccc2c(=O)[nH]1. The molecule has 0 radical (unpaired) electrons. The summed E-state index contributed by atoms with van der Waals surface area (Å²) >= 11 is 0. The van der Waals surface area contributed by atoms with Gasteiger partial charge in [-0.25, -0.2) is 0 Å². The van der Waals surface area contributed by atoms with E-state index in [1.165, 1.54) is 0 Å². The molecular weight excluding hydrogens is 280 g/mol. The van der Waals surface area contributed by atoms with Gasteiger partial charge in [-0.1, -0.05) is 31.0 Å². The Labute approximate surface area is 128 Å². The summed E-state index contributed by atoms with van der Waals surface area (Å²) < 4.78 is 0. The Bertz CT molecular complexity index is 738. The molecule has 1 aliphatic carbocycles. The number of rotatable bonds is 3. The van der Waals surface area contributed by atoms with Gasteiger partial charge >= 0.3 is 0 Å². The average molecular weight is 300 g/mol. The van der Waals surface area contributed by atoms with Crippen LogP contribution >= 0.6 is 0 Å². The number of H-pyrrole nitrogens is 1. The molecule has 1 aromatic heterocycles. The number of aromatic nitrogens is 1. The van der Waals surface area contributed by atoms with E-state index in [9.17, 15) is 14.7 Å². The number of nitrogens with one attached hydrogen (secondary N) is 2. The van der Waals surface area contributed by atoms with Crippen molar-refractivity contribution in [1.82, 2.24) is 10.3 Å². The minimum Gasteiger partial charge on any atom is -0.396 e. The van der Waals surface area contributed by atoms with Crippen LogP contribution in [0.15, 0.2) is 35.1 Å². The van der Waals surface area contributed by atoms with E-state index in [4.69, 9.17) is 0 Å². The molecule has 2 unspecified atom stereocenters. The smallest absolute Gasteiger partial charge is 0.268 e. The van der Waals surface area contributed by atoms with E-state index >= 15 is 0 Å². The fourth-order valence-electron chi connectivity index (χ4n) is 3.20. The van der Waals surface area contributed by atoms with Gasteiger partial charge in [0, 0.05) is 24.0 Å². The second-order valence-electron chi connectivity index (χ2n) is 5.91. The van der Waals surface area contributed by atoms with Gasteiger partial charge in [-0.15, -0.1) is 0 Å². The molecule has 5 nitrogen and oxygen atoms in total. The number of carbonyl (C=O) groups is 1. The van der Waals surface area contributed by atoms with Crippen LogP contribution < -0.4 is 10.9 Å². The summed E-state index contributed by atoms with van der Waals surface area (Å²) in [4.78, 5) is 27.1. The Morgan fingerprint density at radius 3 is 2.86 bits per heavy atom.